The van der Waals surface area contributed by atoms with Crippen LogP contribution in [0.5, 0.6) is 5.75 Å². The molecule has 1 aromatic heterocycles. The molecule has 15 heavy (non-hydrogen) atoms. The van der Waals surface area contributed by atoms with Crippen LogP contribution < -0.4 is 10.5 Å². The Hall–Kier alpha value is -1.88. The van der Waals surface area contributed by atoms with Crippen LogP contribution in [0.15, 0.2) is 30.6 Å². The smallest absolute Gasteiger partial charge is 0.123 e. The fraction of sp³-hybridized carbons (Fsp3) is 0.200. The SMILES string of the molecule is COc1ccc(-n2nccn2)cc1CN. The van der Waals surface area contributed by atoms with Crippen LogP contribution in [0, 0.1) is 0 Å². The van der Waals surface area contributed by atoms with Crippen molar-refractivity contribution < 1.29 is 4.74 Å². The number of hydrogen-bond donors (Lipinski definition) is 1. The molecule has 0 saturated carbocycles. The third kappa shape index (κ3) is 1.82. The lowest BCUT2D eigenvalue weighted by molar-refractivity contribution is 0.409. The van der Waals surface area contributed by atoms with Crippen molar-refractivity contribution in [1.29, 1.82) is 0 Å². The van der Waals surface area contributed by atoms with Gasteiger partial charge in [-0.25, -0.2) is 0 Å². The van der Waals surface area contributed by atoms with E-state index in [1.165, 1.54) is 0 Å². The minimum Gasteiger partial charge on any atom is -0.496 e. The van der Waals surface area contributed by atoms with Gasteiger partial charge in [0, 0.05) is 12.1 Å². The van der Waals surface area contributed by atoms with Crippen molar-refractivity contribution in [1.82, 2.24) is 15.0 Å². The first kappa shape index (κ1) is 9.67. The van der Waals surface area contributed by atoms with E-state index < -0.39 is 0 Å². The minimum absolute atomic E-state index is 0.429. The molecule has 0 aliphatic carbocycles. The summed E-state index contributed by atoms with van der Waals surface area (Å²) in [4.78, 5) is 1.54. The highest BCUT2D eigenvalue weighted by Crippen LogP contribution is 2.20. The third-order valence-corrected chi connectivity index (χ3v) is 2.13. The van der Waals surface area contributed by atoms with E-state index in [0.29, 0.717) is 6.54 Å². The molecular formula is C10H12N4O. The van der Waals surface area contributed by atoms with Gasteiger partial charge in [0.15, 0.2) is 0 Å². The molecular weight excluding hydrogens is 192 g/mol. The van der Waals surface area contributed by atoms with Crippen molar-refractivity contribution in [3.8, 4) is 11.4 Å². The molecule has 0 spiro atoms. The Morgan fingerprint density at radius 2 is 2.07 bits per heavy atom. The van der Waals surface area contributed by atoms with Crippen LogP contribution in [0.4, 0.5) is 0 Å². The molecule has 5 heteroatoms. The summed E-state index contributed by atoms with van der Waals surface area (Å²) in [6.07, 6.45) is 3.26. The lowest BCUT2D eigenvalue weighted by Crippen LogP contribution is -2.04. The molecule has 2 aromatic rings. The summed E-state index contributed by atoms with van der Waals surface area (Å²) < 4.78 is 5.18. The van der Waals surface area contributed by atoms with Gasteiger partial charge in [-0.2, -0.15) is 15.0 Å². The van der Waals surface area contributed by atoms with Gasteiger partial charge in [-0.15, -0.1) is 0 Å². The van der Waals surface area contributed by atoms with Gasteiger partial charge in [0.2, 0.25) is 0 Å². The molecule has 0 atom stereocenters. The zero-order chi connectivity index (χ0) is 10.7. The van der Waals surface area contributed by atoms with Crippen LogP contribution in [0.25, 0.3) is 5.69 Å². The van der Waals surface area contributed by atoms with Gasteiger partial charge in [0.25, 0.3) is 0 Å². The summed E-state index contributed by atoms with van der Waals surface area (Å²) in [6.45, 7) is 0.429. The molecule has 0 radical (unpaired) electrons. The second kappa shape index (κ2) is 4.10. The van der Waals surface area contributed by atoms with Gasteiger partial charge in [0.1, 0.15) is 5.75 Å². The van der Waals surface area contributed by atoms with E-state index in [-0.39, 0.29) is 0 Å². The molecule has 0 bridgehead atoms. The maximum atomic E-state index is 5.62. The average Bonchev–Trinajstić information content (AvgIpc) is 2.81. The number of hydrogen-bond acceptors (Lipinski definition) is 4. The van der Waals surface area contributed by atoms with E-state index in [1.54, 1.807) is 24.3 Å². The largest absolute Gasteiger partial charge is 0.496 e. The van der Waals surface area contributed by atoms with Crippen molar-refractivity contribution in [3.05, 3.63) is 36.2 Å². The van der Waals surface area contributed by atoms with Crippen LogP contribution in [-0.4, -0.2) is 22.1 Å². The molecule has 2 N–H and O–H groups in total. The van der Waals surface area contributed by atoms with E-state index >= 15 is 0 Å². The third-order valence-electron chi connectivity index (χ3n) is 2.13. The molecule has 0 aliphatic heterocycles. The van der Waals surface area contributed by atoms with E-state index in [9.17, 15) is 0 Å². The fourth-order valence-electron chi connectivity index (χ4n) is 1.40. The zero-order valence-electron chi connectivity index (χ0n) is 8.42. The first-order valence-corrected chi connectivity index (χ1v) is 4.59. The highest BCUT2D eigenvalue weighted by atomic mass is 16.5. The van der Waals surface area contributed by atoms with Gasteiger partial charge >= 0.3 is 0 Å². The van der Waals surface area contributed by atoms with Gasteiger partial charge in [-0.3, -0.25) is 0 Å². The van der Waals surface area contributed by atoms with E-state index in [4.69, 9.17) is 10.5 Å². The van der Waals surface area contributed by atoms with Crippen molar-refractivity contribution in [2.75, 3.05) is 7.11 Å². The number of methoxy groups -OCH3 is 1. The monoisotopic (exact) mass is 204 g/mol. The molecule has 78 valence electrons. The van der Waals surface area contributed by atoms with Crippen LogP contribution in [0.2, 0.25) is 0 Å². The Morgan fingerprint density at radius 1 is 1.33 bits per heavy atom. The predicted molar refractivity (Wildman–Crippen MR) is 55.8 cm³/mol. The number of aromatic nitrogens is 3. The van der Waals surface area contributed by atoms with E-state index in [0.717, 1.165) is 17.0 Å². The highest BCUT2D eigenvalue weighted by molar-refractivity contribution is 5.43. The summed E-state index contributed by atoms with van der Waals surface area (Å²) >= 11 is 0. The van der Waals surface area contributed by atoms with Crippen molar-refractivity contribution in [2.24, 2.45) is 5.73 Å². The molecule has 2 rings (SSSR count). The van der Waals surface area contributed by atoms with Crippen LogP contribution in [0.1, 0.15) is 5.56 Å². The maximum absolute atomic E-state index is 5.62. The van der Waals surface area contributed by atoms with Crippen molar-refractivity contribution in [2.45, 2.75) is 6.54 Å². The first-order chi connectivity index (χ1) is 7.35. The molecule has 0 fully saturated rings. The maximum Gasteiger partial charge on any atom is 0.123 e. The molecule has 0 unspecified atom stereocenters. The zero-order valence-corrected chi connectivity index (χ0v) is 8.42. The van der Waals surface area contributed by atoms with Crippen LogP contribution >= 0.6 is 0 Å². The Kier molecular flexibility index (Phi) is 2.64. The summed E-state index contributed by atoms with van der Waals surface area (Å²) in [5, 5.41) is 8.08. The minimum atomic E-state index is 0.429. The summed E-state index contributed by atoms with van der Waals surface area (Å²) in [6, 6.07) is 5.66. The predicted octanol–water partition coefficient (Wildman–Crippen LogP) is 0.735. The van der Waals surface area contributed by atoms with Gasteiger partial charge in [-0.1, -0.05) is 0 Å². The lowest BCUT2D eigenvalue weighted by atomic mass is 10.2. The normalized spacial score (nSPS) is 10.3. The van der Waals surface area contributed by atoms with Gasteiger partial charge in [0.05, 0.1) is 25.2 Å². The van der Waals surface area contributed by atoms with Crippen LogP contribution in [-0.2, 0) is 6.54 Å². The summed E-state index contributed by atoms with van der Waals surface area (Å²) in [7, 11) is 1.63. The Bertz CT molecular complexity index is 439. The van der Waals surface area contributed by atoms with Crippen molar-refractivity contribution >= 4 is 0 Å². The van der Waals surface area contributed by atoms with Gasteiger partial charge < -0.3 is 10.5 Å². The topological polar surface area (TPSA) is 66.0 Å². The fourth-order valence-corrected chi connectivity index (χ4v) is 1.40. The van der Waals surface area contributed by atoms with Gasteiger partial charge in [-0.05, 0) is 18.2 Å². The average molecular weight is 204 g/mol. The standard InChI is InChI=1S/C10H12N4O/c1-15-10-3-2-9(6-8(10)7-11)14-12-4-5-13-14/h2-6H,7,11H2,1H3. The number of nitrogens with zero attached hydrogens (tertiary/aromatic N) is 3. The second-order valence-electron chi connectivity index (χ2n) is 3.02. The Labute approximate surface area is 87.5 Å². The van der Waals surface area contributed by atoms with E-state index in [2.05, 4.69) is 10.2 Å². The number of ether oxygens (including phenoxy) is 1. The Morgan fingerprint density at radius 3 is 2.67 bits per heavy atom. The molecule has 0 aliphatic rings. The van der Waals surface area contributed by atoms with E-state index in [1.807, 2.05) is 18.2 Å². The Balaban J connectivity index is 2.43. The second-order valence-corrected chi connectivity index (χ2v) is 3.02. The quantitative estimate of drug-likeness (QED) is 0.800. The molecule has 1 aromatic carbocycles. The summed E-state index contributed by atoms with van der Waals surface area (Å²) in [5.41, 5.74) is 7.43. The molecule has 0 amide bonds. The first-order valence-electron chi connectivity index (χ1n) is 4.59. The van der Waals surface area contributed by atoms with Crippen molar-refractivity contribution in [3.63, 3.8) is 0 Å². The van der Waals surface area contributed by atoms with Crippen LogP contribution in [0.3, 0.4) is 0 Å². The molecule has 0 saturated heterocycles. The summed E-state index contributed by atoms with van der Waals surface area (Å²) in [5.74, 6) is 0.786. The molecule has 5 nitrogen and oxygen atoms in total. The number of benzene rings is 1. The molecule has 1 heterocycles. The number of rotatable bonds is 3. The number of nitrogens with two attached hydrogens (primary N) is 1. The lowest BCUT2D eigenvalue weighted by Gasteiger charge is -2.08. The highest BCUT2D eigenvalue weighted by Gasteiger charge is 2.04.